The van der Waals surface area contributed by atoms with Gasteiger partial charge in [-0.05, 0) is 60.5 Å². The van der Waals surface area contributed by atoms with Crippen LogP contribution in [0.1, 0.15) is 15.9 Å². The van der Waals surface area contributed by atoms with Gasteiger partial charge in [0, 0.05) is 46.2 Å². The van der Waals surface area contributed by atoms with Crippen molar-refractivity contribution in [3.05, 3.63) is 90.4 Å². The summed E-state index contributed by atoms with van der Waals surface area (Å²) in [6.07, 6.45) is 5.80. The number of benzene rings is 2. The third-order valence-electron chi connectivity index (χ3n) is 5.21. The third kappa shape index (κ3) is 2.84. The molecule has 5 heteroatoms. The predicted molar refractivity (Wildman–Crippen MR) is 115 cm³/mol. The molecule has 140 valence electrons. The van der Waals surface area contributed by atoms with E-state index < -0.39 is 5.91 Å². The number of amides is 1. The van der Waals surface area contributed by atoms with E-state index in [1.807, 2.05) is 53.4 Å². The number of aromatic nitrogens is 3. The predicted octanol–water partition coefficient (Wildman–Crippen LogP) is 4.65. The largest absolute Gasteiger partial charge is 0.366 e. The molecule has 0 bridgehead atoms. The lowest BCUT2D eigenvalue weighted by Crippen LogP contribution is -2.10. The fourth-order valence-corrected chi connectivity index (χ4v) is 3.78. The smallest absolute Gasteiger partial charge is 0.248 e. The molecule has 0 aliphatic carbocycles. The van der Waals surface area contributed by atoms with Crippen molar-refractivity contribution < 1.29 is 4.79 Å². The SMILES string of the molecule is Cc1cn(-c2ccc(C(N)=O)cc2)c2nccc(-c3cnc4ccccc4c3)c12. The second kappa shape index (κ2) is 6.56. The Bertz CT molecular complexity index is 1380. The van der Waals surface area contributed by atoms with Crippen LogP contribution in [0, 0.1) is 6.92 Å². The Morgan fingerprint density at radius 3 is 2.59 bits per heavy atom. The topological polar surface area (TPSA) is 73.8 Å². The summed E-state index contributed by atoms with van der Waals surface area (Å²) in [6, 6.07) is 19.5. The fourth-order valence-electron chi connectivity index (χ4n) is 3.78. The highest BCUT2D eigenvalue weighted by Crippen LogP contribution is 2.33. The number of nitrogens with zero attached hydrogens (tertiary/aromatic N) is 3. The van der Waals surface area contributed by atoms with Crippen molar-refractivity contribution in [3.8, 4) is 16.8 Å². The van der Waals surface area contributed by atoms with Crippen LogP contribution in [0.3, 0.4) is 0 Å². The molecule has 0 radical (unpaired) electrons. The standard InChI is InChI=1S/C24H18N4O/c1-15-14-28(19-8-6-16(7-9-19)23(25)29)24-22(15)20(10-11-26-24)18-12-17-4-2-3-5-21(17)27-13-18/h2-14H,1H3,(H2,25,29). The molecule has 5 nitrogen and oxygen atoms in total. The molecule has 29 heavy (non-hydrogen) atoms. The lowest BCUT2D eigenvalue weighted by Gasteiger charge is -2.08. The van der Waals surface area contributed by atoms with Gasteiger partial charge in [0.05, 0.1) is 5.52 Å². The van der Waals surface area contributed by atoms with Gasteiger partial charge in [-0.3, -0.25) is 9.78 Å². The number of fused-ring (bicyclic) bond motifs is 2. The number of hydrogen-bond acceptors (Lipinski definition) is 3. The van der Waals surface area contributed by atoms with Gasteiger partial charge >= 0.3 is 0 Å². The zero-order valence-corrected chi connectivity index (χ0v) is 15.8. The maximum atomic E-state index is 11.4. The first-order valence-electron chi connectivity index (χ1n) is 9.34. The first kappa shape index (κ1) is 17.1. The normalized spacial score (nSPS) is 11.2. The zero-order chi connectivity index (χ0) is 20.0. The van der Waals surface area contributed by atoms with Crippen molar-refractivity contribution in [2.75, 3.05) is 0 Å². The molecule has 2 N–H and O–H groups in total. The van der Waals surface area contributed by atoms with Gasteiger partial charge in [0.15, 0.2) is 0 Å². The molecule has 5 rings (SSSR count). The quantitative estimate of drug-likeness (QED) is 0.497. The third-order valence-corrected chi connectivity index (χ3v) is 5.21. The maximum Gasteiger partial charge on any atom is 0.248 e. The zero-order valence-electron chi connectivity index (χ0n) is 15.8. The Balaban J connectivity index is 1.69. The Morgan fingerprint density at radius 1 is 1.00 bits per heavy atom. The van der Waals surface area contributed by atoms with Crippen LogP contribution in [0.2, 0.25) is 0 Å². The van der Waals surface area contributed by atoms with Crippen molar-refractivity contribution in [2.45, 2.75) is 6.92 Å². The highest BCUT2D eigenvalue weighted by atomic mass is 16.1. The summed E-state index contributed by atoms with van der Waals surface area (Å²) < 4.78 is 2.04. The summed E-state index contributed by atoms with van der Waals surface area (Å²) in [5.74, 6) is -0.436. The van der Waals surface area contributed by atoms with Gasteiger partial charge in [0.25, 0.3) is 0 Å². The van der Waals surface area contributed by atoms with E-state index in [1.165, 1.54) is 0 Å². The van der Waals surface area contributed by atoms with E-state index in [2.05, 4.69) is 35.2 Å². The molecule has 0 fully saturated rings. The number of para-hydroxylation sites is 1. The minimum atomic E-state index is -0.436. The number of primary amides is 1. The number of nitrogens with two attached hydrogens (primary N) is 1. The summed E-state index contributed by atoms with van der Waals surface area (Å²) in [6.45, 7) is 2.08. The molecule has 5 aromatic rings. The van der Waals surface area contributed by atoms with Crippen LogP contribution >= 0.6 is 0 Å². The number of carbonyl (C=O) groups excluding carboxylic acids is 1. The van der Waals surface area contributed by atoms with Crippen LogP contribution < -0.4 is 5.73 Å². The summed E-state index contributed by atoms with van der Waals surface area (Å²) in [7, 11) is 0. The van der Waals surface area contributed by atoms with Crippen LogP contribution in [0.5, 0.6) is 0 Å². The van der Waals surface area contributed by atoms with Gasteiger partial charge in [-0.2, -0.15) is 0 Å². The Labute approximate surface area is 167 Å². The average molecular weight is 378 g/mol. The lowest BCUT2D eigenvalue weighted by atomic mass is 10.0. The first-order valence-corrected chi connectivity index (χ1v) is 9.34. The number of hydrogen-bond donors (Lipinski definition) is 1. The molecule has 0 saturated carbocycles. The van der Waals surface area contributed by atoms with E-state index in [0.717, 1.165) is 44.3 Å². The first-order chi connectivity index (χ1) is 14.1. The molecule has 1 amide bonds. The van der Waals surface area contributed by atoms with E-state index in [-0.39, 0.29) is 0 Å². The highest BCUT2D eigenvalue weighted by molar-refractivity contribution is 5.98. The number of rotatable bonds is 3. The molecule has 0 atom stereocenters. The van der Waals surface area contributed by atoms with Crippen LogP contribution in [0.4, 0.5) is 0 Å². The van der Waals surface area contributed by atoms with Gasteiger partial charge in [-0.25, -0.2) is 4.98 Å². The number of aryl methyl sites for hydroxylation is 1. The second-order valence-corrected chi connectivity index (χ2v) is 7.07. The van der Waals surface area contributed by atoms with Gasteiger partial charge in [0.2, 0.25) is 5.91 Å². The number of pyridine rings is 2. The molecular weight excluding hydrogens is 360 g/mol. The molecule has 0 spiro atoms. The van der Waals surface area contributed by atoms with Crippen LogP contribution in [0.15, 0.2) is 79.3 Å². The summed E-state index contributed by atoms with van der Waals surface area (Å²) in [5, 5.41) is 2.19. The van der Waals surface area contributed by atoms with E-state index in [9.17, 15) is 4.79 Å². The fraction of sp³-hybridized carbons (Fsp3) is 0.0417. The second-order valence-electron chi connectivity index (χ2n) is 7.07. The van der Waals surface area contributed by atoms with Crippen molar-refractivity contribution in [1.29, 1.82) is 0 Å². The summed E-state index contributed by atoms with van der Waals surface area (Å²) in [5.41, 5.74) is 11.9. The van der Waals surface area contributed by atoms with Crippen LogP contribution in [-0.2, 0) is 0 Å². The van der Waals surface area contributed by atoms with Crippen LogP contribution in [0.25, 0.3) is 38.8 Å². The monoisotopic (exact) mass is 378 g/mol. The van der Waals surface area contributed by atoms with Crippen molar-refractivity contribution in [1.82, 2.24) is 14.5 Å². The Morgan fingerprint density at radius 2 is 1.79 bits per heavy atom. The molecule has 0 aliphatic heterocycles. The maximum absolute atomic E-state index is 11.4. The minimum Gasteiger partial charge on any atom is -0.366 e. The number of carbonyl (C=O) groups is 1. The minimum absolute atomic E-state index is 0.436. The van der Waals surface area contributed by atoms with Gasteiger partial charge < -0.3 is 10.3 Å². The van der Waals surface area contributed by atoms with Gasteiger partial charge in [0.1, 0.15) is 5.65 Å². The molecule has 0 aliphatic rings. The van der Waals surface area contributed by atoms with Gasteiger partial charge in [-0.1, -0.05) is 18.2 Å². The molecule has 2 aromatic carbocycles. The highest BCUT2D eigenvalue weighted by Gasteiger charge is 2.14. The molecular formula is C24H18N4O. The lowest BCUT2D eigenvalue weighted by molar-refractivity contribution is 0.100. The summed E-state index contributed by atoms with van der Waals surface area (Å²) >= 11 is 0. The van der Waals surface area contributed by atoms with E-state index in [0.29, 0.717) is 5.56 Å². The molecule has 3 aromatic heterocycles. The van der Waals surface area contributed by atoms with E-state index in [4.69, 9.17) is 5.73 Å². The molecule has 0 saturated heterocycles. The molecule has 3 heterocycles. The molecule has 0 unspecified atom stereocenters. The summed E-state index contributed by atoms with van der Waals surface area (Å²) in [4.78, 5) is 20.6. The van der Waals surface area contributed by atoms with Crippen molar-refractivity contribution in [2.24, 2.45) is 5.73 Å². The van der Waals surface area contributed by atoms with E-state index >= 15 is 0 Å². The van der Waals surface area contributed by atoms with Crippen molar-refractivity contribution in [3.63, 3.8) is 0 Å². The Kier molecular flexibility index (Phi) is 3.88. The van der Waals surface area contributed by atoms with E-state index in [1.54, 1.807) is 12.1 Å². The van der Waals surface area contributed by atoms with Crippen LogP contribution in [-0.4, -0.2) is 20.4 Å². The van der Waals surface area contributed by atoms with Crippen molar-refractivity contribution >= 4 is 27.8 Å². The average Bonchev–Trinajstić information content (AvgIpc) is 3.10. The van der Waals surface area contributed by atoms with Gasteiger partial charge in [-0.15, -0.1) is 0 Å². The Hall–Kier alpha value is -3.99.